The van der Waals surface area contributed by atoms with Crippen molar-refractivity contribution >= 4 is 17.7 Å². The van der Waals surface area contributed by atoms with E-state index in [1.54, 1.807) is 45.0 Å². The second-order valence-corrected chi connectivity index (χ2v) is 6.68. The number of carbonyl (C=O) groups is 2. The fraction of sp³-hybridized carbons (Fsp3) is 0.500. The van der Waals surface area contributed by atoms with E-state index in [4.69, 9.17) is 4.74 Å². The third kappa shape index (κ3) is 4.94. The van der Waals surface area contributed by atoms with Gasteiger partial charge in [-0.15, -0.1) is 0 Å². The number of benzene rings is 1. The third-order valence-electron chi connectivity index (χ3n) is 3.39. The lowest BCUT2D eigenvalue weighted by Crippen LogP contribution is -2.44. The summed E-state index contributed by atoms with van der Waals surface area (Å²) in [7, 11) is 0. The lowest BCUT2D eigenvalue weighted by atomic mass is 10.2. The first-order chi connectivity index (χ1) is 11.2. The molecule has 2 unspecified atom stereocenters. The summed E-state index contributed by atoms with van der Waals surface area (Å²) in [6.07, 6.45) is -0.495. The van der Waals surface area contributed by atoms with Gasteiger partial charge in [0.05, 0.1) is 0 Å². The minimum atomic E-state index is -0.845. The Hall–Kier alpha value is -2.64. The van der Waals surface area contributed by atoms with Gasteiger partial charge in [-0.3, -0.25) is 19.8 Å². The predicted octanol–water partition coefficient (Wildman–Crippen LogP) is 2.28. The number of amides is 2. The van der Waals surface area contributed by atoms with Crippen molar-refractivity contribution in [2.24, 2.45) is 0 Å². The summed E-state index contributed by atoms with van der Waals surface area (Å²) >= 11 is 0. The van der Waals surface area contributed by atoms with Crippen molar-refractivity contribution in [2.45, 2.75) is 44.9 Å². The summed E-state index contributed by atoms with van der Waals surface area (Å²) in [4.78, 5) is 36.1. The lowest BCUT2D eigenvalue weighted by Gasteiger charge is -2.26. The minimum absolute atomic E-state index is 0.227. The molecule has 1 saturated carbocycles. The highest BCUT2D eigenvalue weighted by Crippen LogP contribution is 2.31. The van der Waals surface area contributed by atoms with Crippen molar-refractivity contribution in [1.29, 1.82) is 0 Å². The number of carbonyl (C=O) groups excluding carboxylic acids is 2. The molecular weight excluding hydrogens is 314 g/mol. The Morgan fingerprint density at radius 1 is 1.33 bits per heavy atom. The quantitative estimate of drug-likeness (QED) is 0.657. The zero-order valence-electron chi connectivity index (χ0n) is 13.9. The average molecular weight is 335 g/mol. The monoisotopic (exact) mass is 335 g/mol. The molecule has 2 amide bonds. The molecule has 24 heavy (non-hydrogen) atoms. The summed E-state index contributed by atoms with van der Waals surface area (Å²) in [5, 5.41) is 13.5. The molecule has 1 N–H and O–H groups in total. The van der Waals surface area contributed by atoms with E-state index in [-0.39, 0.29) is 13.0 Å². The number of nitro groups is 1. The Bertz CT molecular complexity index is 626. The highest BCUT2D eigenvalue weighted by Gasteiger charge is 2.54. The van der Waals surface area contributed by atoms with E-state index >= 15 is 0 Å². The van der Waals surface area contributed by atoms with E-state index in [1.807, 2.05) is 6.07 Å². The van der Waals surface area contributed by atoms with Gasteiger partial charge >= 0.3 is 6.09 Å². The van der Waals surface area contributed by atoms with Crippen molar-refractivity contribution in [1.82, 2.24) is 4.90 Å². The van der Waals surface area contributed by atoms with Crippen LogP contribution in [0.15, 0.2) is 30.3 Å². The molecule has 1 aromatic rings. The van der Waals surface area contributed by atoms with Crippen molar-refractivity contribution in [2.75, 3.05) is 11.9 Å². The van der Waals surface area contributed by atoms with Crippen LogP contribution in [0.4, 0.5) is 10.5 Å². The maximum atomic E-state index is 12.3. The molecule has 2 atom stereocenters. The number of nitrogens with one attached hydrogen (secondary N) is 1. The van der Waals surface area contributed by atoms with Crippen LogP contribution >= 0.6 is 0 Å². The Morgan fingerprint density at radius 3 is 2.46 bits per heavy atom. The number of hydrogen-bond donors (Lipinski definition) is 1. The highest BCUT2D eigenvalue weighted by atomic mass is 16.6. The van der Waals surface area contributed by atoms with Crippen LogP contribution in [0.25, 0.3) is 0 Å². The van der Waals surface area contributed by atoms with Crippen LogP contribution in [-0.4, -0.2) is 46.1 Å². The third-order valence-corrected chi connectivity index (χ3v) is 3.39. The summed E-state index contributed by atoms with van der Waals surface area (Å²) in [6.45, 7) is 4.81. The number of rotatable bonds is 5. The Labute approximate surface area is 139 Å². The molecule has 1 aliphatic rings. The van der Waals surface area contributed by atoms with Crippen molar-refractivity contribution in [3.8, 4) is 0 Å². The molecule has 1 aliphatic carbocycles. The fourth-order valence-corrected chi connectivity index (χ4v) is 2.24. The molecule has 130 valence electrons. The molecule has 0 aromatic heterocycles. The first kappa shape index (κ1) is 17.7. The normalized spacial score (nSPS) is 19.3. The van der Waals surface area contributed by atoms with Gasteiger partial charge in [0.1, 0.15) is 18.2 Å². The summed E-state index contributed by atoms with van der Waals surface area (Å²) in [5.41, 5.74) is -0.155. The first-order valence-corrected chi connectivity index (χ1v) is 7.65. The van der Waals surface area contributed by atoms with Crippen molar-refractivity contribution in [3.63, 3.8) is 0 Å². The van der Waals surface area contributed by atoms with E-state index in [2.05, 4.69) is 5.32 Å². The molecule has 0 aliphatic heterocycles. The number of anilines is 1. The number of ether oxygens (including phenoxy) is 1. The van der Waals surface area contributed by atoms with Gasteiger partial charge in [-0.05, 0) is 32.9 Å². The van der Waals surface area contributed by atoms with Gasteiger partial charge in [-0.1, -0.05) is 18.2 Å². The van der Waals surface area contributed by atoms with E-state index in [9.17, 15) is 19.7 Å². The molecule has 0 saturated heterocycles. The van der Waals surface area contributed by atoms with Crippen LogP contribution in [-0.2, 0) is 9.53 Å². The average Bonchev–Trinajstić information content (AvgIpc) is 3.24. The number of para-hydroxylation sites is 1. The molecule has 8 nitrogen and oxygen atoms in total. The Balaban J connectivity index is 2.04. The van der Waals surface area contributed by atoms with Crippen LogP contribution < -0.4 is 5.32 Å². The van der Waals surface area contributed by atoms with Gasteiger partial charge in [-0.2, -0.15) is 0 Å². The fourth-order valence-electron chi connectivity index (χ4n) is 2.24. The molecular formula is C16H21N3O5. The maximum absolute atomic E-state index is 12.3. The molecule has 8 heteroatoms. The molecule has 0 bridgehead atoms. The largest absolute Gasteiger partial charge is 0.444 e. The molecule has 0 spiro atoms. The first-order valence-electron chi connectivity index (χ1n) is 7.65. The smallest absolute Gasteiger partial charge is 0.411 e. The van der Waals surface area contributed by atoms with Crippen molar-refractivity contribution in [3.05, 3.63) is 40.4 Å². The maximum Gasteiger partial charge on any atom is 0.411 e. The second kappa shape index (κ2) is 6.86. The zero-order valence-corrected chi connectivity index (χ0v) is 13.9. The molecule has 2 rings (SSSR count). The predicted molar refractivity (Wildman–Crippen MR) is 87.2 cm³/mol. The number of hydrogen-bond acceptors (Lipinski definition) is 5. The second-order valence-electron chi connectivity index (χ2n) is 6.68. The standard InChI is InChI=1S/C16H21N3O5/c1-16(2,3)24-15(21)18(12-9-13(12)19(22)23)10-14(20)17-11-7-5-4-6-8-11/h4-8,12-13H,9-10H2,1-3H3,(H,17,20). The van der Waals surface area contributed by atoms with Crippen LogP contribution in [0.3, 0.4) is 0 Å². The number of nitrogens with zero attached hydrogens (tertiary/aromatic N) is 2. The van der Waals surface area contributed by atoms with Gasteiger partial charge in [0.15, 0.2) is 0 Å². The lowest BCUT2D eigenvalue weighted by molar-refractivity contribution is -0.497. The molecule has 1 fully saturated rings. The summed E-state index contributed by atoms with van der Waals surface area (Å²) in [5.74, 6) is -0.430. The van der Waals surface area contributed by atoms with Gasteiger partial charge in [0, 0.05) is 17.0 Å². The van der Waals surface area contributed by atoms with Crippen LogP contribution in [0.2, 0.25) is 0 Å². The van der Waals surface area contributed by atoms with Gasteiger partial charge in [-0.25, -0.2) is 4.79 Å². The topological polar surface area (TPSA) is 102 Å². The van der Waals surface area contributed by atoms with E-state index in [0.29, 0.717) is 5.69 Å². The molecule has 0 heterocycles. The molecule has 0 radical (unpaired) electrons. The SMILES string of the molecule is CC(C)(C)OC(=O)N(CC(=O)Nc1ccccc1)C1CC1[N+](=O)[O-]. The van der Waals surface area contributed by atoms with E-state index in [0.717, 1.165) is 4.90 Å². The summed E-state index contributed by atoms with van der Waals surface area (Å²) < 4.78 is 5.26. The minimum Gasteiger partial charge on any atom is -0.444 e. The van der Waals surface area contributed by atoms with Crippen molar-refractivity contribution < 1.29 is 19.2 Å². The Kier molecular flexibility index (Phi) is 5.06. The summed E-state index contributed by atoms with van der Waals surface area (Å²) in [6, 6.07) is 7.32. The zero-order chi connectivity index (χ0) is 17.9. The van der Waals surface area contributed by atoms with E-state index < -0.39 is 34.6 Å². The van der Waals surface area contributed by atoms with Gasteiger partial charge in [0.25, 0.3) is 0 Å². The van der Waals surface area contributed by atoms with E-state index in [1.165, 1.54) is 0 Å². The van der Waals surface area contributed by atoms with Gasteiger partial charge in [0.2, 0.25) is 11.9 Å². The highest BCUT2D eigenvalue weighted by molar-refractivity contribution is 5.94. The van der Waals surface area contributed by atoms with Gasteiger partial charge < -0.3 is 10.1 Å². The van der Waals surface area contributed by atoms with Crippen LogP contribution in [0.5, 0.6) is 0 Å². The van der Waals surface area contributed by atoms with Crippen LogP contribution in [0.1, 0.15) is 27.2 Å². The van der Waals surface area contributed by atoms with Crippen LogP contribution in [0, 0.1) is 10.1 Å². The molecule has 1 aromatic carbocycles. The Morgan fingerprint density at radius 2 is 1.96 bits per heavy atom.